The van der Waals surface area contributed by atoms with Crippen LogP contribution in [0.4, 0.5) is 0 Å². The van der Waals surface area contributed by atoms with E-state index in [0.29, 0.717) is 25.3 Å². The van der Waals surface area contributed by atoms with Gasteiger partial charge < -0.3 is 14.0 Å². The van der Waals surface area contributed by atoms with Crippen LogP contribution >= 0.6 is 0 Å². The first-order valence-electron chi connectivity index (χ1n) is 8.38. The maximum Gasteiger partial charge on any atom is 0.271 e. The van der Waals surface area contributed by atoms with Crippen molar-refractivity contribution >= 4 is 16.8 Å². The van der Waals surface area contributed by atoms with Crippen LogP contribution in [-0.2, 0) is 26.1 Å². The van der Waals surface area contributed by atoms with Crippen molar-refractivity contribution in [2.45, 2.75) is 33.0 Å². The van der Waals surface area contributed by atoms with Crippen LogP contribution in [0.15, 0.2) is 30.3 Å². The van der Waals surface area contributed by atoms with Crippen LogP contribution in [0.25, 0.3) is 10.9 Å². The minimum Gasteiger partial charge on any atom is -0.328 e. The number of carbonyl (C=O) groups is 1. The molecule has 4 rings (SSSR count). The van der Waals surface area contributed by atoms with Crippen molar-refractivity contribution in [3.8, 4) is 6.07 Å². The van der Waals surface area contributed by atoms with Crippen molar-refractivity contribution in [2.24, 2.45) is 0 Å². The number of carbonyl (C=O) groups excluding carboxylic acids is 1. The number of nitriles is 1. The zero-order chi connectivity index (χ0) is 17.4. The first-order chi connectivity index (χ1) is 12.2. The van der Waals surface area contributed by atoms with Gasteiger partial charge in [0.2, 0.25) is 0 Å². The lowest BCUT2D eigenvalue weighted by molar-refractivity contribution is 0.0696. The lowest BCUT2D eigenvalue weighted by Crippen LogP contribution is -2.39. The number of amides is 1. The molecule has 0 fully saturated rings. The van der Waals surface area contributed by atoms with Crippen molar-refractivity contribution in [3.63, 3.8) is 0 Å². The largest absolute Gasteiger partial charge is 0.328 e. The number of nitrogens with zero attached hydrogens (tertiary/aromatic N) is 6. The molecule has 3 heterocycles. The quantitative estimate of drug-likeness (QED) is 0.733. The number of fused-ring (bicyclic) bond motifs is 2. The SMILES string of the molecule is CCc1nnc2n1CCN(C(=O)c1cc3ccccc3n1CC#N)C2. The Bertz CT molecular complexity index is 993. The van der Waals surface area contributed by atoms with Crippen LogP contribution in [0.5, 0.6) is 0 Å². The van der Waals surface area contributed by atoms with Gasteiger partial charge in [-0.3, -0.25) is 4.79 Å². The van der Waals surface area contributed by atoms with Gasteiger partial charge in [0.05, 0.1) is 12.6 Å². The van der Waals surface area contributed by atoms with Crippen molar-refractivity contribution in [1.82, 2.24) is 24.2 Å². The molecule has 0 unspecified atom stereocenters. The van der Waals surface area contributed by atoms with Crippen LogP contribution in [0.3, 0.4) is 0 Å². The Morgan fingerprint density at radius 3 is 2.92 bits per heavy atom. The Hall–Kier alpha value is -3.14. The summed E-state index contributed by atoms with van der Waals surface area (Å²) in [7, 11) is 0. The Morgan fingerprint density at radius 2 is 2.12 bits per heavy atom. The van der Waals surface area contributed by atoms with Gasteiger partial charge in [0.25, 0.3) is 5.91 Å². The molecule has 0 atom stereocenters. The summed E-state index contributed by atoms with van der Waals surface area (Å²) in [6.07, 6.45) is 0.831. The van der Waals surface area contributed by atoms with Crippen molar-refractivity contribution in [2.75, 3.05) is 6.54 Å². The van der Waals surface area contributed by atoms with Gasteiger partial charge in [-0.2, -0.15) is 5.26 Å². The maximum absolute atomic E-state index is 13.1. The monoisotopic (exact) mass is 334 g/mol. The molecule has 0 bridgehead atoms. The third-order valence-electron chi connectivity index (χ3n) is 4.69. The molecule has 3 aromatic rings. The molecule has 0 radical (unpaired) electrons. The maximum atomic E-state index is 13.1. The molecular weight excluding hydrogens is 316 g/mol. The van der Waals surface area contributed by atoms with Crippen LogP contribution in [-0.4, -0.2) is 36.7 Å². The minimum atomic E-state index is -0.0706. The number of para-hydroxylation sites is 1. The molecule has 0 spiro atoms. The minimum absolute atomic E-state index is 0.0706. The fraction of sp³-hybridized carbons (Fsp3) is 0.333. The normalized spacial score (nSPS) is 13.7. The smallest absolute Gasteiger partial charge is 0.271 e. The van der Waals surface area contributed by atoms with Gasteiger partial charge in [0, 0.05) is 30.4 Å². The molecule has 0 aliphatic carbocycles. The summed E-state index contributed by atoms with van der Waals surface area (Å²) in [5, 5.41) is 18.5. The zero-order valence-electron chi connectivity index (χ0n) is 14.0. The van der Waals surface area contributed by atoms with Gasteiger partial charge in [-0.25, -0.2) is 0 Å². The summed E-state index contributed by atoms with van der Waals surface area (Å²) in [5.41, 5.74) is 1.45. The Balaban J connectivity index is 1.69. The van der Waals surface area contributed by atoms with Gasteiger partial charge >= 0.3 is 0 Å². The fourth-order valence-corrected chi connectivity index (χ4v) is 3.44. The number of aromatic nitrogens is 4. The highest BCUT2D eigenvalue weighted by Gasteiger charge is 2.27. The molecule has 0 saturated heterocycles. The van der Waals surface area contributed by atoms with Gasteiger partial charge in [-0.15, -0.1) is 10.2 Å². The van der Waals surface area contributed by atoms with Gasteiger partial charge in [0.15, 0.2) is 5.82 Å². The lowest BCUT2D eigenvalue weighted by Gasteiger charge is -2.28. The standard InChI is InChI=1S/C18H18N6O/c1-2-16-20-21-17-12-22(9-10-24(16)17)18(25)15-11-13-5-3-4-6-14(13)23(15)8-7-19/h3-6,11H,2,8-10,12H2,1H3. The number of benzene rings is 1. The summed E-state index contributed by atoms with van der Waals surface area (Å²) < 4.78 is 3.88. The summed E-state index contributed by atoms with van der Waals surface area (Å²) in [5.74, 6) is 1.71. The van der Waals surface area contributed by atoms with Crippen LogP contribution in [0.2, 0.25) is 0 Å². The number of aryl methyl sites for hydroxylation is 1. The molecule has 7 nitrogen and oxygen atoms in total. The Kier molecular flexibility index (Phi) is 3.73. The molecule has 1 aromatic carbocycles. The Labute approximate surface area is 145 Å². The molecule has 126 valence electrons. The summed E-state index contributed by atoms with van der Waals surface area (Å²) in [4.78, 5) is 14.9. The van der Waals surface area contributed by atoms with E-state index in [-0.39, 0.29) is 12.5 Å². The topological polar surface area (TPSA) is 79.7 Å². The third-order valence-corrected chi connectivity index (χ3v) is 4.69. The van der Waals surface area contributed by atoms with Crippen LogP contribution in [0, 0.1) is 11.3 Å². The summed E-state index contributed by atoms with van der Waals surface area (Å²) >= 11 is 0. The van der Waals surface area contributed by atoms with Gasteiger partial charge in [-0.1, -0.05) is 25.1 Å². The zero-order valence-corrected chi connectivity index (χ0v) is 14.0. The predicted octanol–water partition coefficient (Wildman–Crippen LogP) is 1.97. The highest BCUT2D eigenvalue weighted by Crippen LogP contribution is 2.23. The van der Waals surface area contributed by atoms with E-state index in [2.05, 4.69) is 27.8 Å². The van der Waals surface area contributed by atoms with Crippen molar-refractivity contribution in [1.29, 1.82) is 5.26 Å². The molecule has 0 N–H and O–H groups in total. The predicted molar refractivity (Wildman–Crippen MR) is 91.7 cm³/mol. The van der Waals surface area contributed by atoms with Crippen LogP contribution in [0.1, 0.15) is 29.1 Å². The highest BCUT2D eigenvalue weighted by molar-refractivity contribution is 5.98. The molecule has 0 saturated carbocycles. The van der Waals surface area contributed by atoms with Crippen molar-refractivity contribution in [3.05, 3.63) is 47.7 Å². The average molecular weight is 334 g/mol. The first kappa shape index (κ1) is 15.4. The van der Waals surface area contributed by atoms with E-state index in [4.69, 9.17) is 5.26 Å². The Morgan fingerprint density at radius 1 is 1.28 bits per heavy atom. The number of hydrogen-bond acceptors (Lipinski definition) is 4. The van der Waals surface area contributed by atoms with E-state index in [9.17, 15) is 4.79 Å². The summed E-state index contributed by atoms with van der Waals surface area (Å²) in [6.45, 7) is 3.97. The fourth-order valence-electron chi connectivity index (χ4n) is 3.44. The average Bonchev–Trinajstić information content (AvgIpc) is 3.22. The second-order valence-corrected chi connectivity index (χ2v) is 6.10. The van der Waals surface area contributed by atoms with Gasteiger partial charge in [0.1, 0.15) is 18.1 Å². The second kappa shape index (κ2) is 6.06. The molecule has 1 amide bonds. The van der Waals surface area contributed by atoms with E-state index >= 15 is 0 Å². The van der Waals surface area contributed by atoms with E-state index < -0.39 is 0 Å². The number of rotatable bonds is 3. The molecule has 1 aliphatic rings. The first-order valence-corrected chi connectivity index (χ1v) is 8.38. The number of hydrogen-bond donors (Lipinski definition) is 0. The summed E-state index contributed by atoms with van der Waals surface area (Å²) in [6, 6.07) is 11.8. The van der Waals surface area contributed by atoms with Crippen molar-refractivity contribution < 1.29 is 4.79 Å². The molecule has 25 heavy (non-hydrogen) atoms. The van der Waals surface area contributed by atoms with E-state index in [1.807, 2.05) is 30.3 Å². The third kappa shape index (κ3) is 2.47. The highest BCUT2D eigenvalue weighted by atomic mass is 16.2. The molecule has 7 heteroatoms. The van der Waals surface area contributed by atoms with Crippen LogP contribution < -0.4 is 0 Å². The van der Waals surface area contributed by atoms with E-state index in [1.165, 1.54) is 0 Å². The molecular formula is C18H18N6O. The molecule has 1 aliphatic heterocycles. The van der Waals surface area contributed by atoms with Gasteiger partial charge in [-0.05, 0) is 12.1 Å². The van der Waals surface area contributed by atoms with E-state index in [1.54, 1.807) is 9.47 Å². The molecule has 2 aromatic heterocycles. The second-order valence-electron chi connectivity index (χ2n) is 6.10. The lowest BCUT2D eigenvalue weighted by atomic mass is 10.2. The van der Waals surface area contributed by atoms with E-state index in [0.717, 1.165) is 29.0 Å².